The first-order valence-electron chi connectivity index (χ1n) is 18.1. The Balaban J connectivity index is 2.04. The maximum atomic E-state index is 12.0. The molecule has 4 aliphatic carbocycles. The minimum absolute atomic E-state index is 0.0711. The zero-order valence-electron chi connectivity index (χ0n) is 29.7. The van der Waals surface area contributed by atoms with Crippen molar-refractivity contribution in [3.8, 4) is 23.0 Å². The molecule has 0 radical (unpaired) electrons. The van der Waals surface area contributed by atoms with Gasteiger partial charge >= 0.3 is 12.2 Å². The van der Waals surface area contributed by atoms with Gasteiger partial charge in [0.25, 0.3) is 0 Å². The van der Waals surface area contributed by atoms with E-state index in [0.29, 0.717) is 92.3 Å². The maximum absolute atomic E-state index is 12.0. The number of halogens is 3. The summed E-state index contributed by atoms with van der Waals surface area (Å²) < 4.78 is 11.1. The third-order valence-electron chi connectivity index (χ3n) is 10.1. The van der Waals surface area contributed by atoms with Gasteiger partial charge < -0.3 is 41.4 Å². The molecule has 0 saturated carbocycles. The second kappa shape index (κ2) is 20.9. The number of aromatic hydroxyl groups is 4. The highest BCUT2D eigenvalue weighted by atomic mass is 35.5. The fraction of sp³-hybridized carbons (Fsp3) is 0.632. The lowest BCUT2D eigenvalue weighted by atomic mass is 9.83. The van der Waals surface area contributed by atoms with Gasteiger partial charge in [0, 0.05) is 28.1 Å². The fourth-order valence-corrected chi connectivity index (χ4v) is 8.11. The minimum atomic E-state index is -0.961. The maximum Gasteiger partial charge on any atom is 0.405 e. The zero-order chi connectivity index (χ0) is 37.7. The van der Waals surface area contributed by atoms with E-state index in [2.05, 4.69) is 0 Å². The Hall–Kier alpha value is -2.95. The number of rotatable bonds is 10. The van der Waals surface area contributed by atoms with Crippen LogP contribution in [0.5, 0.6) is 23.0 Å². The molecule has 0 saturated heterocycles. The molecular weight excluding hydrogens is 719 g/mol. The van der Waals surface area contributed by atoms with Crippen LogP contribution < -0.4 is 11.5 Å². The summed E-state index contributed by atoms with van der Waals surface area (Å²) in [5.74, 6) is -0.684. The Morgan fingerprint density at radius 2 is 1.06 bits per heavy atom. The van der Waals surface area contributed by atoms with Crippen molar-refractivity contribution in [2.75, 3.05) is 5.88 Å². The molecular formula is C38H55Cl3N2O8. The molecule has 286 valence electrons. The number of alkyl halides is 3. The van der Waals surface area contributed by atoms with Gasteiger partial charge in [0.2, 0.25) is 0 Å². The molecule has 0 unspecified atom stereocenters. The van der Waals surface area contributed by atoms with Gasteiger partial charge in [0.05, 0.1) is 0 Å². The quantitative estimate of drug-likeness (QED) is 0.102. The lowest BCUT2D eigenvalue weighted by Gasteiger charge is -2.28. The lowest BCUT2D eigenvalue weighted by Crippen LogP contribution is -2.22. The van der Waals surface area contributed by atoms with Gasteiger partial charge in [-0.15, -0.1) is 34.8 Å². The average molecular weight is 774 g/mol. The van der Waals surface area contributed by atoms with Crippen LogP contribution in [-0.4, -0.2) is 43.3 Å². The van der Waals surface area contributed by atoms with E-state index in [1.54, 1.807) is 24.3 Å². The molecule has 8 N–H and O–H groups in total. The molecule has 0 heterocycles. The van der Waals surface area contributed by atoms with Gasteiger partial charge in [0.1, 0.15) is 40.0 Å². The van der Waals surface area contributed by atoms with Gasteiger partial charge in [-0.2, -0.15) is 0 Å². The van der Waals surface area contributed by atoms with Crippen LogP contribution >= 0.6 is 34.8 Å². The number of phenolic OH excluding ortho intramolecular Hbond substituents is 4. The van der Waals surface area contributed by atoms with Crippen LogP contribution in [0, 0.1) is 11.8 Å². The number of nitrogens with two attached hydrogens (primary N) is 2. The first-order chi connectivity index (χ1) is 24.2. The Labute approximate surface area is 316 Å². The molecule has 4 aliphatic rings. The monoisotopic (exact) mass is 772 g/mol. The molecule has 0 aliphatic heterocycles. The fourth-order valence-electron chi connectivity index (χ4n) is 7.62. The lowest BCUT2D eigenvalue weighted by molar-refractivity contribution is 0.0683. The number of hydrogen-bond acceptors (Lipinski definition) is 8. The van der Waals surface area contributed by atoms with Crippen molar-refractivity contribution in [2.45, 2.75) is 133 Å². The van der Waals surface area contributed by atoms with E-state index in [4.69, 9.17) is 55.7 Å². The van der Waals surface area contributed by atoms with Crippen LogP contribution in [0.1, 0.15) is 150 Å². The molecule has 2 aromatic rings. The molecule has 13 heteroatoms. The molecule has 4 bridgehead atoms. The number of carbonyl (C=O) groups excluding carboxylic acids is 2. The number of phenols is 4. The minimum Gasteiger partial charge on any atom is -0.508 e. The molecule has 0 spiro atoms. The van der Waals surface area contributed by atoms with E-state index in [0.717, 1.165) is 25.7 Å². The SMILES string of the molecule is C[C@H]1CCCC[C@@H](CCCCCl)c2c(O)cc(cc2O)[C@H](OC(N)=O)[C@@H](C)CCCC[C@@H](CCCC(Cl)Cl)c2c(O)cc(cc2O)[C@@H]1OC(N)=O. The zero-order valence-corrected chi connectivity index (χ0v) is 31.9. The van der Waals surface area contributed by atoms with Crippen LogP contribution in [0.25, 0.3) is 0 Å². The Bertz CT molecular complexity index is 1380. The molecule has 6 atom stereocenters. The summed E-state index contributed by atoms with van der Waals surface area (Å²) in [7, 11) is 0. The first-order valence-corrected chi connectivity index (χ1v) is 19.5. The summed E-state index contributed by atoms with van der Waals surface area (Å²) in [6, 6.07) is 6.19. The number of benzene rings is 2. The van der Waals surface area contributed by atoms with E-state index in [-0.39, 0.29) is 46.7 Å². The summed E-state index contributed by atoms with van der Waals surface area (Å²) in [6.45, 7) is 3.84. The van der Waals surface area contributed by atoms with E-state index in [1.165, 1.54) is 0 Å². The van der Waals surface area contributed by atoms with Crippen LogP contribution in [0.15, 0.2) is 24.3 Å². The van der Waals surface area contributed by atoms with Gasteiger partial charge in [0.15, 0.2) is 0 Å². The number of hydrogen-bond donors (Lipinski definition) is 6. The van der Waals surface area contributed by atoms with Crippen LogP contribution in [0.2, 0.25) is 0 Å². The predicted octanol–water partition coefficient (Wildman–Crippen LogP) is 10.4. The molecule has 10 nitrogen and oxygen atoms in total. The summed E-state index contributed by atoms with van der Waals surface area (Å²) in [4.78, 5) is 23.5. The van der Waals surface area contributed by atoms with Crippen LogP contribution in [0.4, 0.5) is 9.59 Å². The van der Waals surface area contributed by atoms with Crippen molar-refractivity contribution in [3.05, 3.63) is 46.5 Å². The Kier molecular flexibility index (Phi) is 17.4. The predicted molar refractivity (Wildman–Crippen MR) is 201 cm³/mol. The normalized spacial score (nSPS) is 23.7. The molecule has 0 fully saturated rings. The van der Waals surface area contributed by atoms with Crippen molar-refractivity contribution in [1.29, 1.82) is 0 Å². The average Bonchev–Trinajstić information content (AvgIpc) is 3.04. The summed E-state index contributed by atoms with van der Waals surface area (Å²) >= 11 is 18.0. The summed E-state index contributed by atoms with van der Waals surface area (Å²) in [5.41, 5.74) is 12.7. The molecule has 0 aromatic heterocycles. The van der Waals surface area contributed by atoms with Crippen LogP contribution in [0.3, 0.4) is 0 Å². The number of primary amides is 2. The van der Waals surface area contributed by atoms with E-state index in [1.807, 2.05) is 13.8 Å². The molecule has 2 aromatic carbocycles. The van der Waals surface area contributed by atoms with Gasteiger partial charge in [-0.05, 0) is 99.3 Å². The Morgan fingerprint density at radius 1 is 0.686 bits per heavy atom. The van der Waals surface area contributed by atoms with E-state index < -0.39 is 29.2 Å². The standard InChI is InChI=1S/C38H55Cl3N2O8/c1-22-10-3-5-12-24(14-7-8-17-39)33-28(44)18-26(19-29(33)45)35(50-37(42)48)23(2)11-4-6-13-25(15-9-16-32(40)41)34-30(46)20-27(21-31(34)47)36(22)51-38(43)49/h18-25,32,35-36,44-47H,3-17H2,1-2H3,(H2,42,48)(H2,43,49)/t22-,23-,24-,25-,35+,36+/m0/s1. The largest absolute Gasteiger partial charge is 0.508 e. The molecule has 6 rings (SSSR count). The topological polar surface area (TPSA) is 186 Å². The number of ether oxygens (including phenoxy) is 2. The highest BCUT2D eigenvalue weighted by molar-refractivity contribution is 6.44. The summed E-state index contributed by atoms with van der Waals surface area (Å²) in [6.07, 6.45) is 5.91. The van der Waals surface area contributed by atoms with Crippen molar-refractivity contribution in [3.63, 3.8) is 0 Å². The van der Waals surface area contributed by atoms with E-state index in [9.17, 15) is 30.0 Å². The third kappa shape index (κ3) is 12.9. The highest BCUT2D eigenvalue weighted by Crippen LogP contribution is 2.46. The van der Waals surface area contributed by atoms with Crippen LogP contribution in [-0.2, 0) is 9.47 Å². The summed E-state index contributed by atoms with van der Waals surface area (Å²) in [5, 5.41) is 45.3. The third-order valence-corrected chi connectivity index (χ3v) is 10.8. The Morgan fingerprint density at radius 3 is 1.41 bits per heavy atom. The van der Waals surface area contributed by atoms with Crippen molar-refractivity contribution >= 4 is 47.0 Å². The second-order valence-electron chi connectivity index (χ2n) is 14.1. The highest BCUT2D eigenvalue weighted by Gasteiger charge is 2.30. The first kappa shape index (κ1) is 42.5. The van der Waals surface area contributed by atoms with Crippen molar-refractivity contribution in [1.82, 2.24) is 0 Å². The molecule has 51 heavy (non-hydrogen) atoms. The van der Waals surface area contributed by atoms with Gasteiger partial charge in [-0.25, -0.2) is 9.59 Å². The van der Waals surface area contributed by atoms with Gasteiger partial charge in [-0.1, -0.05) is 52.4 Å². The van der Waals surface area contributed by atoms with Crippen molar-refractivity contribution in [2.24, 2.45) is 23.3 Å². The number of carbonyl (C=O) groups is 2. The van der Waals surface area contributed by atoms with Gasteiger partial charge in [-0.3, -0.25) is 0 Å². The van der Waals surface area contributed by atoms with Crippen molar-refractivity contribution < 1.29 is 39.5 Å². The smallest absolute Gasteiger partial charge is 0.405 e. The number of unbranched alkanes of at least 4 members (excludes halogenated alkanes) is 1. The molecule has 2 amide bonds. The van der Waals surface area contributed by atoms with E-state index >= 15 is 0 Å². The number of amides is 2. The second-order valence-corrected chi connectivity index (χ2v) is 15.7.